The number of anilines is 1. The third kappa shape index (κ3) is 2.86. The molecule has 1 unspecified atom stereocenters. The van der Waals surface area contributed by atoms with Gasteiger partial charge in [0.2, 0.25) is 0 Å². The molecule has 0 bridgehead atoms. The van der Waals surface area contributed by atoms with Crippen molar-refractivity contribution in [3.63, 3.8) is 0 Å². The van der Waals surface area contributed by atoms with E-state index in [1.54, 1.807) is 10.7 Å². The van der Waals surface area contributed by atoms with Crippen LogP contribution in [0.5, 0.6) is 0 Å². The fourth-order valence-electron chi connectivity index (χ4n) is 3.82. The Kier molecular flexibility index (Phi) is 4.20. The van der Waals surface area contributed by atoms with Gasteiger partial charge in [-0.15, -0.1) is 0 Å². The van der Waals surface area contributed by atoms with Crippen LogP contribution in [0.4, 0.5) is 5.82 Å². The first-order valence-electron chi connectivity index (χ1n) is 8.93. The monoisotopic (exact) mass is 350 g/mol. The minimum absolute atomic E-state index is 0.248. The van der Waals surface area contributed by atoms with Crippen molar-refractivity contribution in [2.24, 2.45) is 7.05 Å². The molecule has 0 saturated carbocycles. The van der Waals surface area contributed by atoms with E-state index in [-0.39, 0.29) is 5.91 Å². The summed E-state index contributed by atoms with van der Waals surface area (Å²) in [5, 5.41) is 17.8. The molecule has 6 nitrogen and oxygen atoms in total. The van der Waals surface area contributed by atoms with E-state index in [9.17, 15) is 9.90 Å². The molecule has 0 spiro atoms. The van der Waals surface area contributed by atoms with Crippen molar-refractivity contribution in [3.8, 4) is 0 Å². The second-order valence-corrected chi connectivity index (χ2v) is 6.85. The van der Waals surface area contributed by atoms with E-state index in [4.69, 9.17) is 0 Å². The first-order valence-corrected chi connectivity index (χ1v) is 8.93. The van der Waals surface area contributed by atoms with E-state index < -0.39 is 6.10 Å². The van der Waals surface area contributed by atoms with Crippen LogP contribution >= 0.6 is 0 Å². The fraction of sp³-hybridized carbons (Fsp3) is 0.350. The molecule has 0 saturated heterocycles. The lowest BCUT2D eigenvalue weighted by Gasteiger charge is -2.22. The van der Waals surface area contributed by atoms with E-state index in [1.165, 1.54) is 0 Å². The summed E-state index contributed by atoms with van der Waals surface area (Å²) < 4.78 is 1.75. The highest BCUT2D eigenvalue weighted by atomic mass is 16.3. The third-order valence-corrected chi connectivity index (χ3v) is 5.03. The number of fused-ring (bicyclic) bond motifs is 2. The number of pyridine rings is 1. The Morgan fingerprint density at radius 3 is 3.00 bits per heavy atom. The molecule has 1 atom stereocenters. The van der Waals surface area contributed by atoms with Gasteiger partial charge in [0, 0.05) is 23.9 Å². The average Bonchev–Trinajstić information content (AvgIpc) is 2.84. The number of hydrogen-bond donors (Lipinski definition) is 2. The van der Waals surface area contributed by atoms with Crippen LogP contribution in [-0.2, 0) is 13.5 Å². The van der Waals surface area contributed by atoms with Crippen molar-refractivity contribution in [2.75, 3.05) is 5.32 Å². The number of rotatable bonds is 2. The van der Waals surface area contributed by atoms with E-state index >= 15 is 0 Å². The Morgan fingerprint density at radius 2 is 2.19 bits per heavy atom. The molecule has 2 aromatic heterocycles. The van der Waals surface area contributed by atoms with Crippen LogP contribution in [-0.4, -0.2) is 31.9 Å². The summed E-state index contributed by atoms with van der Waals surface area (Å²) in [4.78, 5) is 17.1. The molecule has 2 aliphatic carbocycles. The topological polar surface area (TPSA) is 80.0 Å². The first kappa shape index (κ1) is 16.7. The number of allylic oxidation sites excluding steroid dienone is 3. The van der Waals surface area contributed by atoms with Gasteiger partial charge >= 0.3 is 0 Å². The molecule has 0 aromatic carbocycles. The molecule has 2 aromatic rings. The average molecular weight is 350 g/mol. The number of aliphatic hydroxyl groups is 1. The lowest BCUT2D eigenvalue weighted by atomic mass is 9.86. The molecule has 2 N–H and O–H groups in total. The highest BCUT2D eigenvalue weighted by Crippen LogP contribution is 2.37. The maximum Gasteiger partial charge on any atom is 0.277 e. The van der Waals surface area contributed by atoms with Crippen molar-refractivity contribution in [1.29, 1.82) is 0 Å². The molecule has 6 heteroatoms. The predicted octanol–water partition coefficient (Wildman–Crippen LogP) is 2.79. The number of amides is 1. The zero-order chi connectivity index (χ0) is 18.3. The van der Waals surface area contributed by atoms with Gasteiger partial charge < -0.3 is 10.4 Å². The van der Waals surface area contributed by atoms with Crippen molar-refractivity contribution in [2.45, 2.75) is 38.7 Å². The summed E-state index contributed by atoms with van der Waals surface area (Å²) in [5.41, 5.74) is 5.23. The minimum Gasteiger partial charge on any atom is -0.389 e. The van der Waals surface area contributed by atoms with Crippen LogP contribution in [0.25, 0.3) is 5.57 Å². The summed E-state index contributed by atoms with van der Waals surface area (Å²) in [6.07, 6.45) is 6.79. The summed E-state index contributed by atoms with van der Waals surface area (Å²) in [5.74, 6) is 0.275. The number of hydrogen-bond acceptors (Lipinski definition) is 4. The van der Waals surface area contributed by atoms with Crippen LogP contribution < -0.4 is 5.32 Å². The zero-order valence-electron chi connectivity index (χ0n) is 15.0. The third-order valence-electron chi connectivity index (χ3n) is 5.03. The first-order chi connectivity index (χ1) is 12.5. The van der Waals surface area contributed by atoms with Crippen LogP contribution in [0.3, 0.4) is 0 Å². The van der Waals surface area contributed by atoms with Crippen molar-refractivity contribution < 1.29 is 9.90 Å². The molecule has 134 valence electrons. The smallest absolute Gasteiger partial charge is 0.277 e. The molecule has 4 rings (SSSR count). The van der Waals surface area contributed by atoms with Crippen molar-refractivity contribution in [1.82, 2.24) is 14.8 Å². The Hall–Kier alpha value is -2.73. The largest absolute Gasteiger partial charge is 0.389 e. The number of carbonyl (C=O) groups is 1. The van der Waals surface area contributed by atoms with Gasteiger partial charge in [-0.05, 0) is 50.3 Å². The van der Waals surface area contributed by atoms with E-state index in [0.717, 1.165) is 47.4 Å². The Balaban J connectivity index is 1.72. The number of nitrogens with one attached hydrogen (secondary N) is 1. The molecule has 0 fully saturated rings. The van der Waals surface area contributed by atoms with Crippen LogP contribution in [0.15, 0.2) is 35.9 Å². The SMILES string of the molecule is Cc1cccc(NC(=O)c2nn(C)c3c2CCC2=C3C=CCCC2O)n1. The van der Waals surface area contributed by atoms with E-state index in [1.807, 2.05) is 26.1 Å². The Morgan fingerprint density at radius 1 is 1.35 bits per heavy atom. The highest BCUT2D eigenvalue weighted by molar-refractivity contribution is 6.04. The van der Waals surface area contributed by atoms with Crippen molar-refractivity contribution >= 4 is 17.3 Å². The second kappa shape index (κ2) is 6.53. The Labute approximate surface area is 152 Å². The molecule has 1 amide bonds. The fourth-order valence-corrected chi connectivity index (χ4v) is 3.82. The van der Waals surface area contributed by atoms with Gasteiger partial charge in [0.15, 0.2) is 5.69 Å². The summed E-state index contributed by atoms with van der Waals surface area (Å²) in [7, 11) is 1.85. The van der Waals surface area contributed by atoms with Gasteiger partial charge in [0.1, 0.15) is 5.82 Å². The van der Waals surface area contributed by atoms with Gasteiger partial charge in [-0.1, -0.05) is 18.2 Å². The van der Waals surface area contributed by atoms with Crippen LogP contribution in [0, 0.1) is 6.92 Å². The summed E-state index contributed by atoms with van der Waals surface area (Å²) in [6.45, 7) is 1.88. The van der Waals surface area contributed by atoms with Crippen LogP contribution in [0.1, 0.15) is 46.7 Å². The van der Waals surface area contributed by atoms with E-state index in [0.29, 0.717) is 17.9 Å². The normalized spacial score (nSPS) is 19.0. The maximum absolute atomic E-state index is 12.8. The zero-order valence-corrected chi connectivity index (χ0v) is 15.0. The minimum atomic E-state index is -0.420. The summed E-state index contributed by atoms with van der Waals surface area (Å²) in [6, 6.07) is 5.52. The molecule has 2 aliphatic rings. The molecular formula is C20H22N4O2. The van der Waals surface area contributed by atoms with Crippen molar-refractivity contribution in [3.05, 3.63) is 58.6 Å². The van der Waals surface area contributed by atoms with Gasteiger partial charge in [-0.2, -0.15) is 5.10 Å². The predicted molar refractivity (Wildman–Crippen MR) is 99.8 cm³/mol. The van der Waals surface area contributed by atoms with Gasteiger partial charge in [0.25, 0.3) is 5.91 Å². The number of aryl methyl sites for hydroxylation is 2. The molecule has 0 radical (unpaired) electrons. The second-order valence-electron chi connectivity index (χ2n) is 6.85. The molecule has 2 heterocycles. The number of aliphatic hydroxyl groups excluding tert-OH is 1. The number of nitrogens with zero attached hydrogens (tertiary/aromatic N) is 3. The molecule has 26 heavy (non-hydrogen) atoms. The number of carbonyl (C=O) groups excluding carboxylic acids is 1. The van der Waals surface area contributed by atoms with E-state index in [2.05, 4.69) is 27.6 Å². The summed E-state index contributed by atoms with van der Waals surface area (Å²) >= 11 is 0. The van der Waals surface area contributed by atoms with Gasteiger partial charge in [-0.3, -0.25) is 9.48 Å². The number of aromatic nitrogens is 3. The molecular weight excluding hydrogens is 328 g/mol. The van der Waals surface area contributed by atoms with Gasteiger partial charge in [0.05, 0.1) is 11.8 Å². The van der Waals surface area contributed by atoms with Crippen LogP contribution in [0.2, 0.25) is 0 Å². The highest BCUT2D eigenvalue weighted by Gasteiger charge is 2.30. The Bertz CT molecular complexity index is 939. The standard InChI is InChI=1S/C20H22N4O2/c1-12-6-5-9-17(21-12)22-20(26)18-15-11-10-13-14(19(15)24(2)23-18)7-3-4-8-16(13)25/h3,5-7,9,16,25H,4,8,10-11H2,1-2H3,(H,21,22,26). The van der Waals surface area contributed by atoms with Gasteiger partial charge in [-0.25, -0.2) is 4.98 Å². The molecule has 0 aliphatic heterocycles. The quantitative estimate of drug-likeness (QED) is 0.873. The maximum atomic E-state index is 12.8. The lowest BCUT2D eigenvalue weighted by Crippen LogP contribution is -2.18. The lowest BCUT2D eigenvalue weighted by molar-refractivity contribution is 0.102.